The predicted molar refractivity (Wildman–Crippen MR) is 81.5 cm³/mol. The first-order chi connectivity index (χ1) is 10.2. The highest BCUT2D eigenvalue weighted by molar-refractivity contribution is 5.68. The van der Waals surface area contributed by atoms with Gasteiger partial charge in [0.1, 0.15) is 0 Å². The third-order valence-electron chi connectivity index (χ3n) is 3.49. The molecule has 0 aromatic heterocycles. The van der Waals surface area contributed by atoms with Crippen LogP contribution in [-0.2, 0) is 6.42 Å². The van der Waals surface area contributed by atoms with E-state index < -0.39 is 0 Å². The molecule has 0 saturated heterocycles. The first kappa shape index (κ1) is 13.3. The summed E-state index contributed by atoms with van der Waals surface area (Å²) in [5, 5.41) is 12.2. The van der Waals surface area contributed by atoms with Crippen molar-refractivity contribution >= 4 is 5.70 Å². The van der Waals surface area contributed by atoms with Gasteiger partial charge in [-0.3, -0.25) is 0 Å². The predicted octanol–water partition coefficient (Wildman–Crippen LogP) is 3.66. The molecule has 0 atom stereocenters. The number of hydrazine groups is 1. The van der Waals surface area contributed by atoms with E-state index in [1.54, 1.807) is 0 Å². The average molecular weight is 278 g/mol. The molecule has 0 unspecified atom stereocenters. The maximum Gasteiger partial charge on any atom is 0.304 e. The van der Waals surface area contributed by atoms with Crippen LogP contribution >= 0.6 is 0 Å². The molecule has 2 aromatic rings. The Hall–Kier alpha value is -2.72. The Morgan fingerprint density at radius 3 is 2.19 bits per heavy atom. The lowest BCUT2D eigenvalue weighted by Crippen LogP contribution is -2.18. The molecule has 0 amide bonds. The molecule has 1 aliphatic rings. The number of hydrogen-bond acceptors (Lipinski definition) is 2. The number of hydroxylamine groups is 1. The fraction of sp³-hybridized carbons (Fsp3) is 0.0588. The van der Waals surface area contributed by atoms with Crippen LogP contribution < -0.4 is 0 Å². The van der Waals surface area contributed by atoms with E-state index in [1.165, 1.54) is 0 Å². The van der Waals surface area contributed by atoms with Crippen molar-refractivity contribution in [2.24, 2.45) is 0 Å². The zero-order valence-corrected chi connectivity index (χ0v) is 11.4. The van der Waals surface area contributed by atoms with Crippen LogP contribution in [0.25, 0.3) is 5.70 Å². The Morgan fingerprint density at radius 1 is 1.00 bits per heavy atom. The molecule has 0 saturated carbocycles. The fourth-order valence-corrected chi connectivity index (χ4v) is 2.43. The number of nitrogens with zero attached hydrogens (tertiary/aromatic N) is 2. The molecule has 3 rings (SSSR count). The van der Waals surface area contributed by atoms with Gasteiger partial charge < -0.3 is 5.21 Å². The van der Waals surface area contributed by atoms with Gasteiger partial charge in [0, 0.05) is 6.42 Å². The third-order valence-corrected chi connectivity index (χ3v) is 3.49. The summed E-state index contributed by atoms with van der Waals surface area (Å²) in [6.45, 7) is 3.75. The second-order valence-corrected chi connectivity index (χ2v) is 4.85. The van der Waals surface area contributed by atoms with Crippen molar-refractivity contribution in [3.05, 3.63) is 99.8 Å². The zero-order chi connectivity index (χ0) is 14.8. The zero-order valence-electron chi connectivity index (χ0n) is 11.4. The van der Waals surface area contributed by atoms with E-state index in [1.807, 2.05) is 60.7 Å². The van der Waals surface area contributed by atoms with E-state index in [9.17, 15) is 10.1 Å². The van der Waals surface area contributed by atoms with Crippen molar-refractivity contribution in [3.63, 3.8) is 0 Å². The van der Waals surface area contributed by atoms with Crippen LogP contribution in [0, 0.1) is 10.1 Å². The number of nitroso groups, excluding NO2 is 1. The summed E-state index contributed by atoms with van der Waals surface area (Å²) in [5.74, 6) is 0. The maximum absolute atomic E-state index is 12.1. The van der Waals surface area contributed by atoms with Crippen LogP contribution in [-0.4, -0.2) is 10.0 Å². The average Bonchev–Trinajstić information content (AvgIpc) is 2.74. The number of rotatable bonds is 3. The van der Waals surface area contributed by atoms with Crippen molar-refractivity contribution in [2.75, 3.05) is 0 Å². The SMILES string of the molecule is C=C1C(Cc2ccccc2)=C(c2ccccc2)[N+](=O)N1[O-]. The summed E-state index contributed by atoms with van der Waals surface area (Å²) in [4.78, 5) is 12.5. The molecule has 0 fully saturated rings. The number of hydrogen-bond donors (Lipinski definition) is 0. The van der Waals surface area contributed by atoms with E-state index in [0.29, 0.717) is 27.7 Å². The Balaban J connectivity index is 2.09. The van der Waals surface area contributed by atoms with E-state index in [0.717, 1.165) is 11.1 Å². The summed E-state index contributed by atoms with van der Waals surface area (Å²) in [6.07, 6.45) is 0.501. The summed E-state index contributed by atoms with van der Waals surface area (Å²) in [5.41, 5.74) is 2.99. The van der Waals surface area contributed by atoms with E-state index >= 15 is 0 Å². The van der Waals surface area contributed by atoms with Gasteiger partial charge in [-0.2, -0.15) is 5.17 Å². The topological polar surface area (TPSA) is 46.4 Å². The van der Waals surface area contributed by atoms with Crippen molar-refractivity contribution < 1.29 is 4.87 Å². The Labute approximate surface area is 122 Å². The van der Waals surface area contributed by atoms with Gasteiger partial charge in [-0.15, -0.1) is 0 Å². The minimum atomic E-state index is 0.202. The molecule has 0 spiro atoms. The lowest BCUT2D eigenvalue weighted by atomic mass is 9.99. The monoisotopic (exact) mass is 278 g/mol. The molecule has 4 heteroatoms. The van der Waals surface area contributed by atoms with E-state index in [-0.39, 0.29) is 5.70 Å². The lowest BCUT2D eigenvalue weighted by Gasteiger charge is -2.13. The molecule has 21 heavy (non-hydrogen) atoms. The van der Waals surface area contributed by atoms with Crippen LogP contribution in [0.5, 0.6) is 0 Å². The molecule has 0 radical (unpaired) electrons. The quantitative estimate of drug-likeness (QED) is 0.805. The Bertz CT molecular complexity index is 721. The van der Waals surface area contributed by atoms with Crippen molar-refractivity contribution in [1.29, 1.82) is 0 Å². The molecule has 0 aliphatic carbocycles. The molecule has 4 nitrogen and oxygen atoms in total. The molecule has 0 N–H and O–H groups in total. The van der Waals surface area contributed by atoms with Crippen molar-refractivity contribution in [3.8, 4) is 0 Å². The van der Waals surface area contributed by atoms with Crippen LogP contribution in [0.2, 0.25) is 0 Å². The summed E-state index contributed by atoms with van der Waals surface area (Å²) >= 11 is 0. The highest BCUT2D eigenvalue weighted by atomic mass is 16.6. The largest absolute Gasteiger partial charge is 0.699 e. The molecular weight excluding hydrogens is 264 g/mol. The summed E-state index contributed by atoms with van der Waals surface area (Å²) in [6, 6.07) is 18.9. The highest BCUT2D eigenvalue weighted by Gasteiger charge is 2.38. The highest BCUT2D eigenvalue weighted by Crippen LogP contribution is 2.35. The van der Waals surface area contributed by atoms with Gasteiger partial charge >= 0.3 is 5.70 Å². The summed E-state index contributed by atoms with van der Waals surface area (Å²) < 4.78 is 0. The third kappa shape index (κ3) is 2.37. The van der Waals surface area contributed by atoms with Gasteiger partial charge in [0.25, 0.3) is 0 Å². The number of benzene rings is 2. The van der Waals surface area contributed by atoms with Gasteiger partial charge in [-0.1, -0.05) is 55.1 Å². The minimum absolute atomic E-state index is 0.202. The lowest BCUT2D eigenvalue weighted by molar-refractivity contribution is -0.598. The number of allylic oxidation sites excluding steroid dienone is 1. The first-order valence-corrected chi connectivity index (χ1v) is 6.64. The normalized spacial score (nSPS) is 15.0. The smallest absolute Gasteiger partial charge is 0.304 e. The van der Waals surface area contributed by atoms with Crippen LogP contribution in [0.15, 0.2) is 78.5 Å². The first-order valence-electron chi connectivity index (χ1n) is 6.64. The molecule has 1 heterocycles. The molecule has 104 valence electrons. The van der Waals surface area contributed by atoms with Crippen LogP contribution in [0.4, 0.5) is 0 Å². The second-order valence-electron chi connectivity index (χ2n) is 4.85. The van der Waals surface area contributed by atoms with Gasteiger partial charge in [0.05, 0.1) is 21.7 Å². The fourth-order valence-electron chi connectivity index (χ4n) is 2.43. The maximum atomic E-state index is 12.1. The Kier molecular flexibility index (Phi) is 3.38. The molecule has 2 aromatic carbocycles. The van der Waals surface area contributed by atoms with Gasteiger partial charge in [0.15, 0.2) is 4.87 Å². The summed E-state index contributed by atoms with van der Waals surface area (Å²) in [7, 11) is 0. The van der Waals surface area contributed by atoms with Crippen molar-refractivity contribution in [2.45, 2.75) is 6.42 Å². The second kappa shape index (κ2) is 5.34. The van der Waals surface area contributed by atoms with Gasteiger partial charge in [0.2, 0.25) is 0 Å². The van der Waals surface area contributed by atoms with Crippen molar-refractivity contribution in [1.82, 2.24) is 5.17 Å². The van der Waals surface area contributed by atoms with Gasteiger partial charge in [-0.05, 0) is 17.7 Å². The molecule has 1 aliphatic heterocycles. The minimum Gasteiger partial charge on any atom is -0.699 e. The standard InChI is InChI=1S/C17H14N2O2/c1-13-16(12-14-8-4-2-5-9-14)17(19(21)18(13)20)15-10-6-3-7-11-15/h2-11H,1,12H2. The van der Waals surface area contributed by atoms with Crippen LogP contribution in [0.1, 0.15) is 11.1 Å². The van der Waals surface area contributed by atoms with Gasteiger partial charge in [-0.25, -0.2) is 0 Å². The van der Waals surface area contributed by atoms with E-state index in [4.69, 9.17) is 0 Å². The molecular formula is C17H14N2O2. The Morgan fingerprint density at radius 2 is 1.57 bits per heavy atom. The molecule has 0 bridgehead atoms. The van der Waals surface area contributed by atoms with E-state index in [2.05, 4.69) is 6.58 Å². The van der Waals surface area contributed by atoms with Crippen LogP contribution in [0.3, 0.4) is 0 Å².